The van der Waals surface area contributed by atoms with Crippen LogP contribution >= 0.6 is 0 Å². The van der Waals surface area contributed by atoms with Crippen molar-refractivity contribution in [2.45, 2.75) is 26.7 Å². The summed E-state index contributed by atoms with van der Waals surface area (Å²) in [6.07, 6.45) is 0.444. The Hall–Kier alpha value is 0.160. The molecular formula is C6H14CaO5. The maximum atomic E-state index is 9.37. The van der Waals surface area contributed by atoms with Gasteiger partial charge in [0.2, 0.25) is 0 Å². The van der Waals surface area contributed by atoms with E-state index in [0.29, 0.717) is 0 Å². The molecule has 0 unspecified atom stereocenters. The van der Waals surface area contributed by atoms with Crippen molar-refractivity contribution in [3.8, 4) is 0 Å². The fraction of sp³-hybridized carbons (Fsp3) is 0.667. The van der Waals surface area contributed by atoms with E-state index in [1.807, 2.05) is 0 Å². The normalized spacial score (nSPS) is 6.17. The van der Waals surface area contributed by atoms with E-state index in [9.17, 15) is 9.59 Å². The first kappa shape index (κ1) is 22.7. The predicted molar refractivity (Wildman–Crippen MR) is 45.2 cm³/mol. The summed E-state index contributed by atoms with van der Waals surface area (Å²) in [5.41, 5.74) is 0. The van der Waals surface area contributed by atoms with Gasteiger partial charge in [-0.2, -0.15) is 0 Å². The van der Waals surface area contributed by atoms with Crippen LogP contribution in [0.25, 0.3) is 0 Å². The molecule has 0 aromatic rings. The molecule has 0 amide bonds. The number of rotatable bonds is 2. The van der Waals surface area contributed by atoms with Gasteiger partial charge >= 0.3 is 11.9 Å². The number of carboxylic acid groups (broad SMARTS) is 2. The average Bonchev–Trinajstić information content (AvgIpc) is 1.89. The molecule has 12 heavy (non-hydrogen) atoms. The van der Waals surface area contributed by atoms with Crippen LogP contribution in [0.3, 0.4) is 0 Å². The van der Waals surface area contributed by atoms with Crippen molar-refractivity contribution in [3.63, 3.8) is 0 Å². The van der Waals surface area contributed by atoms with Crippen LogP contribution in [-0.4, -0.2) is 65.4 Å². The molecular weight excluding hydrogens is 192 g/mol. The summed E-state index contributed by atoms with van der Waals surface area (Å²) in [5, 5.41) is 15.4. The minimum atomic E-state index is -0.745. The Labute approximate surface area is 101 Å². The summed E-state index contributed by atoms with van der Waals surface area (Å²) < 4.78 is 0. The second-order valence-corrected chi connectivity index (χ2v) is 1.49. The smallest absolute Gasteiger partial charge is 0.303 e. The van der Waals surface area contributed by atoms with Crippen LogP contribution in [0.4, 0.5) is 0 Å². The number of aliphatic carboxylic acids is 2. The summed E-state index contributed by atoms with van der Waals surface area (Å²) in [6.45, 7) is 3.20. The molecule has 0 aliphatic rings. The molecule has 2 radical (unpaired) electrons. The first-order valence-electron chi connectivity index (χ1n) is 2.98. The Bertz CT molecular complexity index is 101. The minimum absolute atomic E-state index is 0. The molecule has 0 spiro atoms. The van der Waals surface area contributed by atoms with Crippen LogP contribution in [0.2, 0.25) is 0 Å². The Morgan fingerprint density at radius 3 is 1.08 bits per heavy atom. The topological polar surface area (TPSA) is 106 Å². The summed E-state index contributed by atoms with van der Waals surface area (Å²) in [5.74, 6) is -1.49. The third-order valence-corrected chi connectivity index (χ3v) is 0.605. The van der Waals surface area contributed by atoms with E-state index in [0.717, 1.165) is 0 Å². The van der Waals surface area contributed by atoms with Gasteiger partial charge in [-0.3, -0.25) is 9.59 Å². The van der Waals surface area contributed by atoms with Gasteiger partial charge in [0, 0.05) is 50.6 Å². The zero-order valence-corrected chi connectivity index (χ0v) is 9.54. The standard InChI is InChI=1S/2C3H6O2.Ca.H2O/c2*1-2-3(4)5;;/h2*2H2,1H3,(H,4,5);;1H2. The van der Waals surface area contributed by atoms with Crippen LogP contribution in [-0.2, 0) is 9.59 Å². The molecule has 4 N–H and O–H groups in total. The van der Waals surface area contributed by atoms with Gasteiger partial charge in [-0.25, -0.2) is 0 Å². The van der Waals surface area contributed by atoms with Crippen molar-refractivity contribution in [2.24, 2.45) is 0 Å². The predicted octanol–water partition coefficient (Wildman–Crippen LogP) is -0.243. The second kappa shape index (κ2) is 17.3. The van der Waals surface area contributed by atoms with E-state index < -0.39 is 11.9 Å². The summed E-state index contributed by atoms with van der Waals surface area (Å²) in [4.78, 5) is 18.7. The Morgan fingerprint density at radius 2 is 1.08 bits per heavy atom. The third kappa shape index (κ3) is 49.3. The third-order valence-electron chi connectivity index (χ3n) is 0.605. The van der Waals surface area contributed by atoms with Crippen molar-refractivity contribution >= 4 is 49.7 Å². The van der Waals surface area contributed by atoms with Crippen LogP contribution in [0.5, 0.6) is 0 Å². The van der Waals surface area contributed by atoms with E-state index in [2.05, 4.69) is 0 Å². The monoisotopic (exact) mass is 206 g/mol. The molecule has 0 saturated carbocycles. The van der Waals surface area contributed by atoms with Gasteiger partial charge in [0.15, 0.2) is 0 Å². The largest absolute Gasteiger partial charge is 0.481 e. The second-order valence-electron chi connectivity index (χ2n) is 1.49. The first-order valence-corrected chi connectivity index (χ1v) is 2.98. The van der Waals surface area contributed by atoms with Crippen molar-refractivity contribution in [1.82, 2.24) is 0 Å². The van der Waals surface area contributed by atoms with Gasteiger partial charge in [-0.1, -0.05) is 13.8 Å². The number of hydrogen-bond acceptors (Lipinski definition) is 2. The van der Waals surface area contributed by atoms with Gasteiger partial charge in [0.1, 0.15) is 0 Å². The molecule has 0 aromatic carbocycles. The maximum Gasteiger partial charge on any atom is 0.303 e. The molecule has 0 saturated heterocycles. The van der Waals surface area contributed by atoms with E-state index in [1.54, 1.807) is 13.8 Å². The average molecular weight is 206 g/mol. The molecule has 0 aromatic heterocycles. The fourth-order valence-corrected chi connectivity index (χ4v) is 0. The molecule has 0 fully saturated rings. The van der Waals surface area contributed by atoms with E-state index in [-0.39, 0.29) is 56.1 Å². The summed E-state index contributed by atoms with van der Waals surface area (Å²) in [7, 11) is 0. The van der Waals surface area contributed by atoms with Crippen molar-refractivity contribution in [1.29, 1.82) is 0 Å². The SMILES string of the molecule is CCC(=O)O.CCC(=O)O.O.[Ca]. The van der Waals surface area contributed by atoms with E-state index in [1.165, 1.54) is 0 Å². The number of carboxylic acids is 2. The van der Waals surface area contributed by atoms with Gasteiger partial charge in [-0.05, 0) is 0 Å². The quantitative estimate of drug-likeness (QED) is 0.608. The van der Waals surface area contributed by atoms with Crippen molar-refractivity contribution in [3.05, 3.63) is 0 Å². The summed E-state index contributed by atoms with van der Waals surface area (Å²) >= 11 is 0. The molecule has 0 aliphatic heterocycles. The van der Waals surface area contributed by atoms with Gasteiger partial charge in [-0.15, -0.1) is 0 Å². The molecule has 70 valence electrons. The fourth-order valence-electron chi connectivity index (χ4n) is 0. The van der Waals surface area contributed by atoms with E-state index in [4.69, 9.17) is 10.2 Å². The van der Waals surface area contributed by atoms with E-state index >= 15 is 0 Å². The van der Waals surface area contributed by atoms with Crippen molar-refractivity contribution in [2.75, 3.05) is 0 Å². The van der Waals surface area contributed by atoms with Gasteiger partial charge in [0.05, 0.1) is 0 Å². The Kier molecular flexibility index (Phi) is 32.8. The number of carbonyl (C=O) groups is 2. The zero-order valence-electron chi connectivity index (χ0n) is 7.33. The van der Waals surface area contributed by atoms with Crippen LogP contribution < -0.4 is 0 Å². The molecule has 0 rings (SSSR count). The molecule has 0 aliphatic carbocycles. The van der Waals surface area contributed by atoms with Crippen LogP contribution in [0.15, 0.2) is 0 Å². The van der Waals surface area contributed by atoms with Crippen molar-refractivity contribution < 1.29 is 25.3 Å². The maximum absolute atomic E-state index is 9.37. The molecule has 0 heterocycles. The van der Waals surface area contributed by atoms with Gasteiger partial charge < -0.3 is 15.7 Å². The molecule has 0 bridgehead atoms. The Balaban J connectivity index is -0.0000000457. The zero-order chi connectivity index (χ0) is 8.57. The van der Waals surface area contributed by atoms with Crippen LogP contribution in [0.1, 0.15) is 26.7 Å². The minimum Gasteiger partial charge on any atom is -0.481 e. The molecule has 0 atom stereocenters. The Morgan fingerprint density at radius 1 is 1.00 bits per heavy atom. The summed E-state index contributed by atoms with van der Waals surface area (Å²) in [6, 6.07) is 0. The number of hydrogen-bond donors (Lipinski definition) is 2. The molecule has 5 nitrogen and oxygen atoms in total. The molecule has 6 heteroatoms. The van der Waals surface area contributed by atoms with Gasteiger partial charge in [0.25, 0.3) is 0 Å². The first-order chi connectivity index (χ1) is 4.54. The van der Waals surface area contributed by atoms with Crippen LogP contribution in [0, 0.1) is 0 Å².